The zero-order chi connectivity index (χ0) is 25.4. The monoisotopic (exact) mass is 531 g/mol. The third-order valence-corrected chi connectivity index (χ3v) is 7.27. The predicted octanol–water partition coefficient (Wildman–Crippen LogP) is 7.72. The van der Waals surface area contributed by atoms with Gasteiger partial charge in [0.2, 0.25) is 6.29 Å². The van der Waals surface area contributed by atoms with Crippen molar-refractivity contribution in [2.75, 3.05) is 0 Å². The summed E-state index contributed by atoms with van der Waals surface area (Å²) in [6.07, 6.45) is -0.641. The first-order valence-corrected chi connectivity index (χ1v) is 12.7. The molecule has 0 aliphatic carbocycles. The van der Waals surface area contributed by atoms with Gasteiger partial charge in [-0.05, 0) is 36.4 Å². The van der Waals surface area contributed by atoms with E-state index in [-0.39, 0.29) is 13.2 Å². The highest BCUT2D eigenvalue weighted by Crippen LogP contribution is 2.37. The number of para-hydroxylation sites is 1. The summed E-state index contributed by atoms with van der Waals surface area (Å²) in [6.45, 7) is 0.00652. The summed E-state index contributed by atoms with van der Waals surface area (Å²) in [4.78, 5) is 18.9. The molecule has 0 N–H and O–H groups in total. The van der Waals surface area contributed by atoms with Crippen molar-refractivity contribution in [1.82, 2.24) is 4.98 Å². The predicted molar refractivity (Wildman–Crippen MR) is 140 cm³/mol. The Morgan fingerprint density at radius 1 is 1.05 bits per heavy atom. The lowest BCUT2D eigenvalue weighted by molar-refractivity contribution is -0.112. The second-order valence-corrected chi connectivity index (χ2v) is 10.2. The van der Waals surface area contributed by atoms with Crippen molar-refractivity contribution in [2.24, 2.45) is 0 Å². The summed E-state index contributed by atoms with van der Waals surface area (Å²) in [5.41, 5.74) is 3.47. The minimum absolute atomic E-state index is 0.169. The number of hydrogen-bond donors (Lipinski definition) is 0. The first-order valence-electron chi connectivity index (χ1n) is 11.5. The summed E-state index contributed by atoms with van der Waals surface area (Å²) in [7, 11) is 0. The SMILES string of the molecule is O=C(OCc1cc(F)cc2c1O[C@@H](c1ccccc1)OC2)c1cc(-c2ccc(Cl)s2)nc2ccccc12. The van der Waals surface area contributed by atoms with Crippen LogP contribution in [0.3, 0.4) is 0 Å². The molecule has 5 aromatic rings. The Morgan fingerprint density at radius 2 is 1.86 bits per heavy atom. The van der Waals surface area contributed by atoms with Crippen LogP contribution in [-0.4, -0.2) is 11.0 Å². The Hall–Kier alpha value is -3.78. The molecule has 2 aromatic heterocycles. The molecule has 1 atom stereocenters. The van der Waals surface area contributed by atoms with E-state index in [0.29, 0.717) is 43.4 Å². The van der Waals surface area contributed by atoms with Gasteiger partial charge in [0.1, 0.15) is 18.2 Å². The number of thiophene rings is 1. The van der Waals surface area contributed by atoms with E-state index in [9.17, 15) is 9.18 Å². The van der Waals surface area contributed by atoms with E-state index in [2.05, 4.69) is 4.98 Å². The van der Waals surface area contributed by atoms with Gasteiger partial charge in [0, 0.05) is 22.1 Å². The standard InChI is InChI=1S/C29H19ClFNO4S/c30-26-11-10-25(37-26)24-14-22(21-8-4-5-9-23(21)32-24)28(33)34-15-18-12-20(31)13-19-16-35-29(36-27(18)19)17-6-2-1-3-7-17/h1-14,29H,15-16H2/t29-/m0/s1. The van der Waals surface area contributed by atoms with Gasteiger partial charge >= 0.3 is 5.97 Å². The number of halogens is 2. The summed E-state index contributed by atoms with van der Waals surface area (Å²) in [6, 6.07) is 24.9. The van der Waals surface area contributed by atoms with Crippen LogP contribution in [0.25, 0.3) is 21.5 Å². The lowest BCUT2D eigenvalue weighted by Gasteiger charge is -2.28. The van der Waals surface area contributed by atoms with E-state index < -0.39 is 18.1 Å². The van der Waals surface area contributed by atoms with Crippen LogP contribution in [0.5, 0.6) is 5.75 Å². The Balaban J connectivity index is 1.30. The van der Waals surface area contributed by atoms with Crippen molar-refractivity contribution in [3.8, 4) is 16.3 Å². The number of esters is 1. The summed E-state index contributed by atoms with van der Waals surface area (Å²) < 4.78 is 32.6. The number of hydrogen-bond acceptors (Lipinski definition) is 6. The van der Waals surface area contributed by atoms with Gasteiger partial charge in [-0.15, -0.1) is 11.3 Å². The largest absolute Gasteiger partial charge is 0.460 e. The van der Waals surface area contributed by atoms with Crippen LogP contribution in [0.2, 0.25) is 4.34 Å². The molecule has 5 nitrogen and oxygen atoms in total. The fourth-order valence-corrected chi connectivity index (χ4v) is 5.31. The highest BCUT2D eigenvalue weighted by molar-refractivity contribution is 7.19. The van der Waals surface area contributed by atoms with Crippen LogP contribution in [0.15, 0.2) is 84.9 Å². The quantitative estimate of drug-likeness (QED) is 0.217. The minimum atomic E-state index is -0.641. The summed E-state index contributed by atoms with van der Waals surface area (Å²) >= 11 is 7.49. The molecular weight excluding hydrogens is 513 g/mol. The molecule has 0 fully saturated rings. The van der Waals surface area contributed by atoms with Gasteiger partial charge in [-0.2, -0.15) is 0 Å². The van der Waals surface area contributed by atoms with Crippen molar-refractivity contribution in [3.63, 3.8) is 0 Å². The zero-order valence-electron chi connectivity index (χ0n) is 19.3. The van der Waals surface area contributed by atoms with Gasteiger partial charge < -0.3 is 14.2 Å². The summed E-state index contributed by atoms with van der Waals surface area (Å²) in [5, 5.41) is 0.661. The summed E-state index contributed by atoms with van der Waals surface area (Å²) in [5.74, 6) is -0.545. The maximum Gasteiger partial charge on any atom is 0.339 e. The van der Waals surface area contributed by atoms with Crippen LogP contribution in [-0.2, 0) is 22.7 Å². The molecule has 0 spiro atoms. The first kappa shape index (κ1) is 23.6. The molecule has 0 radical (unpaired) electrons. The number of carbonyl (C=O) groups is 1. The number of nitrogens with zero attached hydrogens (tertiary/aromatic N) is 1. The molecule has 8 heteroatoms. The molecule has 0 saturated carbocycles. The van der Waals surface area contributed by atoms with E-state index in [0.717, 1.165) is 10.4 Å². The van der Waals surface area contributed by atoms with Crippen molar-refractivity contribution in [2.45, 2.75) is 19.5 Å². The molecule has 3 heterocycles. The molecule has 0 unspecified atom stereocenters. The molecule has 1 aliphatic rings. The van der Waals surface area contributed by atoms with Crippen LogP contribution in [0, 0.1) is 5.82 Å². The number of ether oxygens (including phenoxy) is 3. The molecule has 37 heavy (non-hydrogen) atoms. The highest BCUT2D eigenvalue weighted by atomic mass is 35.5. The van der Waals surface area contributed by atoms with Gasteiger partial charge in [-0.25, -0.2) is 14.2 Å². The molecule has 0 amide bonds. The second-order valence-electron chi connectivity index (χ2n) is 8.48. The molecule has 0 saturated heterocycles. The van der Waals surface area contributed by atoms with Crippen molar-refractivity contribution < 1.29 is 23.4 Å². The average Bonchev–Trinajstić information content (AvgIpc) is 3.37. The Labute approximate surface area is 221 Å². The van der Waals surface area contributed by atoms with Crippen molar-refractivity contribution in [1.29, 1.82) is 0 Å². The lowest BCUT2D eigenvalue weighted by Crippen LogP contribution is -2.20. The average molecular weight is 532 g/mol. The number of rotatable bonds is 5. The Bertz CT molecular complexity index is 1620. The number of pyridine rings is 1. The maximum atomic E-state index is 14.4. The van der Waals surface area contributed by atoms with Crippen LogP contribution in [0.1, 0.15) is 33.3 Å². The van der Waals surface area contributed by atoms with E-state index in [1.165, 1.54) is 23.5 Å². The molecule has 6 rings (SSSR count). The van der Waals surface area contributed by atoms with Crippen LogP contribution in [0.4, 0.5) is 4.39 Å². The number of fused-ring (bicyclic) bond motifs is 2. The Kier molecular flexibility index (Phi) is 6.34. The van der Waals surface area contributed by atoms with Crippen molar-refractivity contribution >= 4 is 39.8 Å². The van der Waals surface area contributed by atoms with E-state index in [1.807, 2.05) is 60.7 Å². The Morgan fingerprint density at radius 3 is 2.68 bits per heavy atom. The van der Waals surface area contributed by atoms with Gasteiger partial charge in [0.05, 0.1) is 32.6 Å². The normalized spacial score (nSPS) is 14.7. The first-order chi connectivity index (χ1) is 18.0. The fraction of sp³-hybridized carbons (Fsp3) is 0.103. The maximum absolute atomic E-state index is 14.4. The smallest absolute Gasteiger partial charge is 0.339 e. The zero-order valence-corrected chi connectivity index (χ0v) is 20.9. The van der Waals surface area contributed by atoms with Crippen molar-refractivity contribution in [3.05, 3.63) is 117 Å². The van der Waals surface area contributed by atoms with Gasteiger partial charge in [0.25, 0.3) is 0 Å². The third kappa shape index (κ3) is 4.81. The third-order valence-electron chi connectivity index (χ3n) is 6.01. The fourth-order valence-electron chi connectivity index (χ4n) is 4.30. The van der Waals surface area contributed by atoms with E-state index in [1.54, 1.807) is 12.1 Å². The highest BCUT2D eigenvalue weighted by Gasteiger charge is 2.26. The van der Waals surface area contributed by atoms with Gasteiger partial charge in [-0.3, -0.25) is 0 Å². The van der Waals surface area contributed by atoms with Gasteiger partial charge in [-0.1, -0.05) is 60.1 Å². The second kappa shape index (κ2) is 9.94. The molecule has 3 aromatic carbocycles. The lowest BCUT2D eigenvalue weighted by atomic mass is 10.1. The van der Waals surface area contributed by atoms with Crippen LogP contribution >= 0.6 is 22.9 Å². The van der Waals surface area contributed by atoms with E-state index >= 15 is 0 Å². The number of aromatic nitrogens is 1. The molecular formula is C29H19ClFNO4S. The topological polar surface area (TPSA) is 57.7 Å². The van der Waals surface area contributed by atoms with Gasteiger partial charge in [0.15, 0.2) is 0 Å². The van der Waals surface area contributed by atoms with E-state index in [4.69, 9.17) is 25.8 Å². The molecule has 184 valence electrons. The van der Waals surface area contributed by atoms with Crippen LogP contribution < -0.4 is 4.74 Å². The molecule has 0 bridgehead atoms. The molecule has 1 aliphatic heterocycles. The minimum Gasteiger partial charge on any atom is -0.460 e. The number of benzene rings is 3. The number of carbonyl (C=O) groups excluding carboxylic acids is 1.